The molecule has 0 saturated heterocycles. The standard InChI is InChI=1S/C11H25ClNPSi/c1-5-8-14(9-6-2,13-15-12)10-7-11(3)4/h11H,5-10H2,1-4H3. The van der Waals surface area contributed by atoms with Crippen LogP contribution in [0.2, 0.25) is 0 Å². The van der Waals surface area contributed by atoms with Gasteiger partial charge in [0.1, 0.15) is 0 Å². The Balaban J connectivity index is 4.55. The Kier molecular flexibility index (Phi) is 9.27. The second-order valence-corrected chi connectivity index (χ2v) is 9.64. The average Bonchev–Trinajstić information content (AvgIpc) is 2.16. The van der Waals surface area contributed by atoms with Gasteiger partial charge in [-0.1, -0.05) is 40.5 Å². The smallest absolute Gasteiger partial charge is 0.319 e. The van der Waals surface area contributed by atoms with Gasteiger partial charge in [-0.15, -0.1) is 11.1 Å². The molecule has 90 valence electrons. The van der Waals surface area contributed by atoms with Gasteiger partial charge in [0.25, 0.3) is 0 Å². The first-order valence-electron chi connectivity index (χ1n) is 6.04. The van der Waals surface area contributed by atoms with Gasteiger partial charge in [0.15, 0.2) is 0 Å². The van der Waals surface area contributed by atoms with Crippen molar-refractivity contribution in [2.24, 2.45) is 10.3 Å². The fourth-order valence-electron chi connectivity index (χ4n) is 1.90. The fourth-order valence-corrected chi connectivity index (χ4v) is 8.51. The quantitative estimate of drug-likeness (QED) is 0.339. The number of nitrogens with zero attached hydrogens (tertiary/aromatic N) is 1. The van der Waals surface area contributed by atoms with Gasteiger partial charge in [0, 0.05) is 0 Å². The van der Waals surface area contributed by atoms with Crippen molar-refractivity contribution >= 4 is 27.1 Å². The molecule has 0 N–H and O–H groups in total. The Morgan fingerprint density at radius 2 is 1.67 bits per heavy atom. The monoisotopic (exact) mass is 265 g/mol. The Morgan fingerprint density at radius 1 is 1.13 bits per heavy atom. The van der Waals surface area contributed by atoms with Crippen LogP contribution in [0, 0.1) is 5.92 Å². The third kappa shape index (κ3) is 6.81. The summed E-state index contributed by atoms with van der Waals surface area (Å²) >= 11 is 5.86. The van der Waals surface area contributed by atoms with E-state index in [0.717, 1.165) is 5.92 Å². The normalized spacial score (nSPS) is 12.1. The number of halogens is 1. The molecule has 1 nitrogen and oxygen atoms in total. The molecule has 0 amide bonds. The van der Waals surface area contributed by atoms with Crippen LogP contribution in [0.3, 0.4) is 0 Å². The van der Waals surface area contributed by atoms with Gasteiger partial charge in [0.05, 0.1) is 0 Å². The zero-order chi connectivity index (χ0) is 11.7. The first-order chi connectivity index (χ1) is 7.10. The van der Waals surface area contributed by atoms with Crippen molar-refractivity contribution < 1.29 is 0 Å². The molecule has 0 aromatic carbocycles. The van der Waals surface area contributed by atoms with Crippen molar-refractivity contribution in [2.75, 3.05) is 18.5 Å². The molecule has 0 rings (SSSR count). The summed E-state index contributed by atoms with van der Waals surface area (Å²) in [4.78, 5) is 0. The topological polar surface area (TPSA) is 12.4 Å². The molecule has 0 unspecified atom stereocenters. The van der Waals surface area contributed by atoms with E-state index < -0.39 is 7.05 Å². The van der Waals surface area contributed by atoms with Crippen LogP contribution in [0.1, 0.15) is 47.0 Å². The molecule has 0 aliphatic heterocycles. The Morgan fingerprint density at radius 3 is 2.00 bits per heavy atom. The van der Waals surface area contributed by atoms with Crippen molar-refractivity contribution in [3.8, 4) is 0 Å². The average molecular weight is 266 g/mol. The Bertz CT molecular complexity index is 197. The van der Waals surface area contributed by atoms with Gasteiger partial charge in [-0.2, -0.15) is 0 Å². The van der Waals surface area contributed by atoms with Gasteiger partial charge < -0.3 is 4.41 Å². The van der Waals surface area contributed by atoms with E-state index in [1.807, 2.05) is 0 Å². The molecular formula is C11H25ClNPSi. The van der Waals surface area contributed by atoms with E-state index in [4.69, 9.17) is 15.5 Å². The van der Waals surface area contributed by atoms with Gasteiger partial charge in [0.2, 0.25) is 0 Å². The van der Waals surface area contributed by atoms with Crippen LogP contribution in [-0.2, 0) is 0 Å². The van der Waals surface area contributed by atoms with Gasteiger partial charge in [-0.25, -0.2) is 0 Å². The molecule has 2 radical (unpaired) electrons. The second kappa shape index (κ2) is 8.84. The van der Waals surface area contributed by atoms with E-state index in [1.54, 1.807) is 0 Å². The lowest BCUT2D eigenvalue weighted by Crippen LogP contribution is -2.03. The molecule has 4 heteroatoms. The maximum atomic E-state index is 5.86. The molecule has 15 heavy (non-hydrogen) atoms. The summed E-state index contributed by atoms with van der Waals surface area (Å²) in [5, 5.41) is 0. The molecule has 0 aromatic heterocycles. The lowest BCUT2D eigenvalue weighted by atomic mass is 10.2. The van der Waals surface area contributed by atoms with Crippen molar-refractivity contribution in [1.29, 1.82) is 0 Å². The van der Waals surface area contributed by atoms with E-state index in [2.05, 4.69) is 27.7 Å². The van der Waals surface area contributed by atoms with Crippen molar-refractivity contribution in [3.63, 3.8) is 0 Å². The highest BCUT2D eigenvalue weighted by atomic mass is 35.6. The largest absolute Gasteiger partial charge is 0.330 e. The van der Waals surface area contributed by atoms with E-state index in [-0.39, 0.29) is 8.99 Å². The van der Waals surface area contributed by atoms with E-state index in [0.29, 0.717) is 0 Å². The summed E-state index contributed by atoms with van der Waals surface area (Å²) in [7, 11) is -0.766. The third-order valence-electron chi connectivity index (χ3n) is 2.65. The van der Waals surface area contributed by atoms with Crippen LogP contribution in [0.4, 0.5) is 0 Å². The lowest BCUT2D eigenvalue weighted by Gasteiger charge is -2.25. The first-order valence-corrected chi connectivity index (χ1v) is 10.3. The predicted octanol–water partition coefficient (Wildman–Crippen LogP) is 4.83. The molecule has 0 aliphatic carbocycles. The van der Waals surface area contributed by atoms with Gasteiger partial charge in [-0.3, -0.25) is 0 Å². The molecule has 0 heterocycles. The molecule has 0 aromatic rings. The molecule has 0 fully saturated rings. The first kappa shape index (κ1) is 15.7. The molecule has 0 bridgehead atoms. The molecule has 0 saturated carbocycles. The SMILES string of the molecule is CCCP(CCC)(CCC(C)C)=N[Si]Cl. The second-order valence-electron chi connectivity index (χ2n) is 4.63. The molecule has 0 spiro atoms. The summed E-state index contributed by atoms with van der Waals surface area (Å²) in [5.74, 6) is 0.798. The summed E-state index contributed by atoms with van der Waals surface area (Å²) in [6.07, 6.45) is 7.79. The molecule has 0 atom stereocenters. The maximum absolute atomic E-state index is 5.86. The number of rotatable bonds is 8. The van der Waals surface area contributed by atoms with E-state index in [9.17, 15) is 0 Å². The highest BCUT2D eigenvalue weighted by Crippen LogP contribution is 2.51. The van der Waals surface area contributed by atoms with Crippen LogP contribution < -0.4 is 0 Å². The van der Waals surface area contributed by atoms with Crippen LogP contribution >= 0.6 is 18.1 Å². The minimum absolute atomic E-state index is 0.279. The molecular weight excluding hydrogens is 241 g/mol. The zero-order valence-electron chi connectivity index (χ0n) is 10.6. The van der Waals surface area contributed by atoms with Gasteiger partial charge >= 0.3 is 8.99 Å². The summed E-state index contributed by atoms with van der Waals surface area (Å²) in [6, 6.07) is 0. The zero-order valence-corrected chi connectivity index (χ0v) is 13.2. The van der Waals surface area contributed by atoms with Crippen LogP contribution in [0.5, 0.6) is 0 Å². The third-order valence-corrected chi connectivity index (χ3v) is 8.98. The van der Waals surface area contributed by atoms with E-state index >= 15 is 0 Å². The summed E-state index contributed by atoms with van der Waals surface area (Å²) in [6.45, 7) is 9.14. The van der Waals surface area contributed by atoms with Crippen molar-refractivity contribution in [2.45, 2.75) is 47.0 Å². The lowest BCUT2D eigenvalue weighted by molar-refractivity contribution is 0.628. The maximum Gasteiger partial charge on any atom is 0.330 e. The number of hydrogen-bond donors (Lipinski definition) is 0. The minimum Gasteiger partial charge on any atom is -0.319 e. The van der Waals surface area contributed by atoms with Crippen molar-refractivity contribution in [3.05, 3.63) is 0 Å². The highest BCUT2D eigenvalue weighted by molar-refractivity contribution is 7.67. The van der Waals surface area contributed by atoms with Crippen LogP contribution in [-0.4, -0.2) is 27.5 Å². The minimum atomic E-state index is -1.04. The number of hydrogen-bond acceptors (Lipinski definition) is 1. The molecule has 0 aliphatic rings. The van der Waals surface area contributed by atoms with Gasteiger partial charge in [-0.05, 0) is 37.9 Å². The predicted molar refractivity (Wildman–Crippen MR) is 75.6 cm³/mol. The summed E-state index contributed by atoms with van der Waals surface area (Å²) < 4.78 is 4.81. The van der Waals surface area contributed by atoms with E-state index in [1.165, 1.54) is 37.7 Å². The Hall–Kier alpha value is 0.737. The van der Waals surface area contributed by atoms with Crippen molar-refractivity contribution in [1.82, 2.24) is 0 Å². The fraction of sp³-hybridized carbons (Fsp3) is 1.00. The highest BCUT2D eigenvalue weighted by Gasteiger charge is 2.17. The summed E-state index contributed by atoms with van der Waals surface area (Å²) in [5.41, 5.74) is 0. The van der Waals surface area contributed by atoms with Crippen LogP contribution in [0.15, 0.2) is 4.41 Å². The Labute approximate surface area is 103 Å². The van der Waals surface area contributed by atoms with Crippen LogP contribution in [0.25, 0.3) is 0 Å².